The first-order valence-corrected chi connectivity index (χ1v) is 8.61. The van der Waals surface area contributed by atoms with Crippen molar-refractivity contribution in [3.63, 3.8) is 0 Å². The highest BCUT2D eigenvalue weighted by Gasteiger charge is 2.24. The molecule has 3 rings (SSSR count). The monoisotopic (exact) mass is 339 g/mol. The molecule has 0 N–H and O–H groups in total. The highest BCUT2D eigenvalue weighted by Crippen LogP contribution is 2.25. The standard InChI is InChI=1S/C18H17N3O2S/c1-13(22)15-5-4-14(12-19)11-16(15)20-6-8-21(9-7-20)18(23)17-3-2-10-24-17/h2-5,10-11H,6-9H2,1H3. The quantitative estimate of drug-likeness (QED) is 0.807. The molecule has 0 bridgehead atoms. The Balaban J connectivity index is 1.76. The molecule has 1 aliphatic heterocycles. The van der Waals surface area contributed by atoms with Gasteiger partial charge in [0, 0.05) is 37.4 Å². The highest BCUT2D eigenvalue weighted by molar-refractivity contribution is 7.12. The van der Waals surface area contributed by atoms with E-state index in [0.29, 0.717) is 37.3 Å². The van der Waals surface area contributed by atoms with Crippen LogP contribution >= 0.6 is 11.3 Å². The van der Waals surface area contributed by atoms with Gasteiger partial charge in [0.05, 0.1) is 16.5 Å². The second kappa shape index (κ2) is 6.85. The maximum absolute atomic E-state index is 12.4. The number of nitriles is 1. The maximum Gasteiger partial charge on any atom is 0.264 e. The van der Waals surface area contributed by atoms with Crippen molar-refractivity contribution in [2.24, 2.45) is 0 Å². The molecule has 0 radical (unpaired) electrons. The molecule has 1 fully saturated rings. The number of ketones is 1. The van der Waals surface area contributed by atoms with Crippen LogP contribution in [-0.2, 0) is 0 Å². The SMILES string of the molecule is CC(=O)c1ccc(C#N)cc1N1CCN(C(=O)c2cccs2)CC1. The molecule has 2 heterocycles. The molecule has 0 aliphatic carbocycles. The molecule has 1 aromatic carbocycles. The number of carbonyl (C=O) groups excluding carboxylic acids is 2. The average molecular weight is 339 g/mol. The zero-order chi connectivity index (χ0) is 17.1. The van der Waals surface area contributed by atoms with Gasteiger partial charge in [-0.25, -0.2) is 0 Å². The number of hydrogen-bond acceptors (Lipinski definition) is 5. The minimum atomic E-state index is -0.0217. The van der Waals surface area contributed by atoms with Crippen molar-refractivity contribution in [2.45, 2.75) is 6.92 Å². The molecule has 0 unspecified atom stereocenters. The van der Waals surface area contributed by atoms with Crippen LogP contribution in [0, 0.1) is 11.3 Å². The molecule has 6 heteroatoms. The third-order valence-electron chi connectivity index (χ3n) is 4.15. The van der Waals surface area contributed by atoms with Gasteiger partial charge in [-0.2, -0.15) is 5.26 Å². The zero-order valence-electron chi connectivity index (χ0n) is 13.4. The number of nitrogens with zero attached hydrogens (tertiary/aromatic N) is 3. The number of hydrogen-bond donors (Lipinski definition) is 0. The average Bonchev–Trinajstić information content (AvgIpc) is 3.15. The number of Topliss-reactive ketones (excluding diaryl/α,β-unsaturated/α-hetero) is 1. The predicted molar refractivity (Wildman–Crippen MR) is 93.6 cm³/mol. The second-order valence-electron chi connectivity index (χ2n) is 5.66. The van der Waals surface area contributed by atoms with Crippen molar-refractivity contribution in [1.29, 1.82) is 5.26 Å². The van der Waals surface area contributed by atoms with Gasteiger partial charge < -0.3 is 9.80 Å². The molecule has 0 spiro atoms. The number of carbonyl (C=O) groups is 2. The molecule has 2 aromatic rings. The van der Waals surface area contributed by atoms with E-state index in [1.54, 1.807) is 18.2 Å². The summed E-state index contributed by atoms with van der Waals surface area (Å²) in [6.07, 6.45) is 0. The summed E-state index contributed by atoms with van der Waals surface area (Å²) in [6, 6.07) is 11.0. The van der Waals surface area contributed by atoms with E-state index in [2.05, 4.69) is 11.0 Å². The Kier molecular flexibility index (Phi) is 4.63. The van der Waals surface area contributed by atoms with Gasteiger partial charge >= 0.3 is 0 Å². The molecule has 122 valence electrons. The van der Waals surface area contributed by atoms with Crippen LogP contribution < -0.4 is 4.90 Å². The fraction of sp³-hybridized carbons (Fsp3) is 0.278. The van der Waals surface area contributed by atoms with Gasteiger partial charge in [0.15, 0.2) is 5.78 Å². The summed E-state index contributed by atoms with van der Waals surface area (Å²) < 4.78 is 0. The van der Waals surface area contributed by atoms with E-state index in [1.165, 1.54) is 18.3 Å². The Morgan fingerprint density at radius 1 is 1.17 bits per heavy atom. The van der Waals surface area contributed by atoms with Crippen LogP contribution in [0.4, 0.5) is 5.69 Å². The molecular formula is C18H17N3O2S. The smallest absolute Gasteiger partial charge is 0.264 e. The van der Waals surface area contributed by atoms with Gasteiger partial charge in [-0.3, -0.25) is 9.59 Å². The zero-order valence-corrected chi connectivity index (χ0v) is 14.2. The van der Waals surface area contributed by atoms with Gasteiger partial charge in [0.1, 0.15) is 0 Å². The summed E-state index contributed by atoms with van der Waals surface area (Å²) in [5, 5.41) is 11.0. The Morgan fingerprint density at radius 2 is 1.92 bits per heavy atom. The van der Waals surface area contributed by atoms with E-state index in [0.717, 1.165) is 10.6 Å². The Hall–Kier alpha value is -2.65. The maximum atomic E-state index is 12.4. The van der Waals surface area contributed by atoms with Gasteiger partial charge in [-0.05, 0) is 36.6 Å². The van der Waals surface area contributed by atoms with Gasteiger partial charge in [-0.1, -0.05) is 6.07 Å². The molecule has 0 saturated carbocycles. The Bertz CT molecular complexity index is 800. The van der Waals surface area contributed by atoms with Crippen LogP contribution in [-0.4, -0.2) is 42.8 Å². The molecular weight excluding hydrogens is 322 g/mol. The van der Waals surface area contributed by atoms with Crippen LogP contribution in [0.3, 0.4) is 0 Å². The first kappa shape index (κ1) is 16.2. The first-order valence-electron chi connectivity index (χ1n) is 7.73. The minimum Gasteiger partial charge on any atom is -0.367 e. The Labute approximate surface area is 144 Å². The number of thiophene rings is 1. The Morgan fingerprint density at radius 3 is 2.50 bits per heavy atom. The first-order chi connectivity index (χ1) is 11.6. The molecule has 0 atom stereocenters. The van der Waals surface area contributed by atoms with Crippen molar-refractivity contribution in [1.82, 2.24) is 4.90 Å². The third-order valence-corrected chi connectivity index (χ3v) is 5.00. The van der Waals surface area contributed by atoms with Crippen LogP contribution in [0.15, 0.2) is 35.7 Å². The van der Waals surface area contributed by atoms with Gasteiger partial charge in [0.2, 0.25) is 0 Å². The lowest BCUT2D eigenvalue weighted by atomic mass is 10.0. The summed E-state index contributed by atoms with van der Waals surface area (Å²) >= 11 is 1.45. The predicted octanol–water partition coefficient (Wildman–Crippen LogP) is 2.78. The van der Waals surface area contributed by atoms with Crippen LogP contribution in [0.5, 0.6) is 0 Å². The number of anilines is 1. The van der Waals surface area contributed by atoms with Gasteiger partial charge in [0.25, 0.3) is 5.91 Å². The normalized spacial score (nSPS) is 14.3. The largest absolute Gasteiger partial charge is 0.367 e. The number of rotatable bonds is 3. The lowest BCUT2D eigenvalue weighted by Crippen LogP contribution is -2.49. The number of benzene rings is 1. The fourth-order valence-corrected chi connectivity index (χ4v) is 3.56. The van der Waals surface area contributed by atoms with Crippen molar-refractivity contribution in [3.8, 4) is 6.07 Å². The van der Waals surface area contributed by atoms with Crippen LogP contribution in [0.2, 0.25) is 0 Å². The summed E-state index contributed by atoms with van der Waals surface area (Å²) in [5.74, 6) is 0.0359. The third kappa shape index (κ3) is 3.17. The molecule has 24 heavy (non-hydrogen) atoms. The van der Waals surface area contributed by atoms with E-state index in [1.807, 2.05) is 22.4 Å². The summed E-state index contributed by atoms with van der Waals surface area (Å²) in [7, 11) is 0. The van der Waals surface area contributed by atoms with Crippen molar-refractivity contribution in [2.75, 3.05) is 31.1 Å². The van der Waals surface area contributed by atoms with E-state index >= 15 is 0 Å². The van der Waals surface area contributed by atoms with Crippen LogP contribution in [0.25, 0.3) is 0 Å². The summed E-state index contributed by atoms with van der Waals surface area (Å²) in [6.45, 7) is 4.02. The molecule has 1 saturated heterocycles. The lowest BCUT2D eigenvalue weighted by Gasteiger charge is -2.36. The van der Waals surface area contributed by atoms with Gasteiger partial charge in [-0.15, -0.1) is 11.3 Å². The highest BCUT2D eigenvalue weighted by atomic mass is 32.1. The van der Waals surface area contributed by atoms with Crippen molar-refractivity contribution in [3.05, 3.63) is 51.7 Å². The minimum absolute atomic E-state index is 0.0217. The molecule has 5 nitrogen and oxygen atoms in total. The number of piperazine rings is 1. The fourth-order valence-electron chi connectivity index (χ4n) is 2.87. The molecule has 1 aliphatic rings. The van der Waals surface area contributed by atoms with Crippen molar-refractivity contribution < 1.29 is 9.59 Å². The summed E-state index contributed by atoms with van der Waals surface area (Å²) in [4.78, 5) is 28.9. The van der Waals surface area contributed by atoms with E-state index < -0.39 is 0 Å². The molecule has 1 amide bonds. The molecule has 1 aromatic heterocycles. The van der Waals surface area contributed by atoms with E-state index in [-0.39, 0.29) is 11.7 Å². The van der Waals surface area contributed by atoms with Crippen LogP contribution in [0.1, 0.15) is 32.5 Å². The number of amides is 1. The van der Waals surface area contributed by atoms with E-state index in [4.69, 9.17) is 5.26 Å². The van der Waals surface area contributed by atoms with Crippen molar-refractivity contribution >= 4 is 28.7 Å². The second-order valence-corrected chi connectivity index (χ2v) is 6.60. The summed E-state index contributed by atoms with van der Waals surface area (Å²) in [5.41, 5.74) is 1.93. The lowest BCUT2D eigenvalue weighted by molar-refractivity contribution is 0.0751. The van der Waals surface area contributed by atoms with E-state index in [9.17, 15) is 9.59 Å². The topological polar surface area (TPSA) is 64.4 Å².